The van der Waals surface area contributed by atoms with Crippen LogP contribution in [0.1, 0.15) is 0 Å². The SMILES string of the molecule is O=S(=O)([O-])C(F)(F)F.c1ccc(-c2c3ccccc3[o+]c3ccccc23)cc1. The van der Waals surface area contributed by atoms with Gasteiger partial charge in [-0.25, -0.2) is 12.8 Å². The zero-order chi connectivity index (χ0) is 20.4. The maximum atomic E-state index is 10.7. The molecular formula is C20H13F3O4S. The van der Waals surface area contributed by atoms with Crippen LogP contribution in [-0.2, 0) is 10.1 Å². The molecule has 28 heavy (non-hydrogen) atoms. The Morgan fingerprint density at radius 1 is 0.714 bits per heavy atom. The number of rotatable bonds is 1. The molecule has 0 aliphatic rings. The van der Waals surface area contributed by atoms with Gasteiger partial charge in [0.25, 0.3) is 0 Å². The van der Waals surface area contributed by atoms with Crippen LogP contribution in [0.2, 0.25) is 0 Å². The molecule has 144 valence electrons. The van der Waals surface area contributed by atoms with Crippen LogP contribution in [0.3, 0.4) is 0 Å². The summed E-state index contributed by atoms with van der Waals surface area (Å²) in [6.07, 6.45) is 0. The minimum absolute atomic E-state index is 0.921. The third-order valence-electron chi connectivity index (χ3n) is 3.88. The van der Waals surface area contributed by atoms with Crippen LogP contribution < -0.4 is 0 Å². The maximum absolute atomic E-state index is 10.7. The van der Waals surface area contributed by atoms with E-state index < -0.39 is 15.6 Å². The Labute approximate surface area is 158 Å². The molecule has 0 aliphatic carbocycles. The van der Waals surface area contributed by atoms with Crippen LogP contribution in [-0.4, -0.2) is 18.5 Å². The number of halogens is 3. The first kappa shape index (κ1) is 19.8. The summed E-state index contributed by atoms with van der Waals surface area (Å²) in [7, 11) is -6.09. The second-order valence-electron chi connectivity index (χ2n) is 5.74. The van der Waals surface area contributed by atoms with E-state index in [0.717, 1.165) is 21.9 Å². The van der Waals surface area contributed by atoms with Gasteiger partial charge in [0, 0.05) is 17.7 Å². The zero-order valence-corrected chi connectivity index (χ0v) is 15.0. The summed E-state index contributed by atoms with van der Waals surface area (Å²) in [6, 6.07) is 26.9. The minimum Gasteiger partial charge on any atom is -0.741 e. The highest BCUT2D eigenvalue weighted by Gasteiger charge is 2.36. The summed E-state index contributed by atoms with van der Waals surface area (Å²) in [5.74, 6) is 0. The standard InChI is InChI=1S/C19H13O.CHF3O3S/c1-2-8-14(9-3-1)19-15-10-4-6-12-17(15)20-18-13-7-5-11-16(18)19;2-1(3,4)8(5,6)7/h1-13H;(H,5,6,7)/q+1;/p-1. The Balaban J connectivity index is 0.000000242. The van der Waals surface area contributed by atoms with Crippen molar-refractivity contribution in [3.8, 4) is 11.1 Å². The molecule has 0 atom stereocenters. The number of hydrogen-bond donors (Lipinski definition) is 0. The van der Waals surface area contributed by atoms with Crippen LogP contribution >= 0.6 is 0 Å². The fourth-order valence-corrected chi connectivity index (χ4v) is 2.70. The van der Waals surface area contributed by atoms with E-state index in [1.807, 2.05) is 30.3 Å². The molecule has 0 spiro atoms. The molecule has 8 heteroatoms. The number of benzene rings is 3. The van der Waals surface area contributed by atoms with Gasteiger partial charge in [0.1, 0.15) is 0 Å². The highest BCUT2D eigenvalue weighted by atomic mass is 32.2. The molecule has 0 unspecified atom stereocenters. The lowest BCUT2D eigenvalue weighted by Crippen LogP contribution is -2.21. The van der Waals surface area contributed by atoms with Gasteiger partial charge in [0.15, 0.2) is 10.1 Å². The molecule has 4 nitrogen and oxygen atoms in total. The topological polar surface area (TPSA) is 68.5 Å². The van der Waals surface area contributed by atoms with Crippen molar-refractivity contribution in [2.24, 2.45) is 0 Å². The highest BCUT2D eigenvalue weighted by Crippen LogP contribution is 2.35. The summed E-state index contributed by atoms with van der Waals surface area (Å²) in [4.78, 5) is 0. The average Bonchev–Trinajstić information content (AvgIpc) is 2.65. The molecule has 4 rings (SSSR count). The van der Waals surface area contributed by atoms with Gasteiger partial charge in [-0.05, 0) is 17.7 Å². The fourth-order valence-electron chi connectivity index (χ4n) is 2.70. The molecule has 0 saturated carbocycles. The minimum atomic E-state index is -6.09. The molecule has 0 fully saturated rings. The van der Waals surface area contributed by atoms with Gasteiger partial charge in [-0.15, -0.1) is 0 Å². The van der Waals surface area contributed by atoms with Crippen molar-refractivity contribution in [1.29, 1.82) is 0 Å². The van der Waals surface area contributed by atoms with Crippen molar-refractivity contribution in [3.63, 3.8) is 0 Å². The van der Waals surface area contributed by atoms with E-state index in [0.29, 0.717) is 0 Å². The van der Waals surface area contributed by atoms with E-state index in [9.17, 15) is 13.2 Å². The van der Waals surface area contributed by atoms with E-state index in [-0.39, 0.29) is 0 Å². The lowest BCUT2D eigenvalue weighted by molar-refractivity contribution is -0.0517. The Hall–Kier alpha value is -2.97. The lowest BCUT2D eigenvalue weighted by atomic mass is 9.97. The second-order valence-corrected chi connectivity index (χ2v) is 7.11. The predicted molar refractivity (Wildman–Crippen MR) is 99.3 cm³/mol. The van der Waals surface area contributed by atoms with Crippen molar-refractivity contribution in [2.45, 2.75) is 5.51 Å². The zero-order valence-electron chi connectivity index (χ0n) is 14.2. The summed E-state index contributed by atoms with van der Waals surface area (Å²) < 4.78 is 64.9. The molecule has 0 amide bonds. The first-order chi connectivity index (χ1) is 13.2. The molecule has 1 aromatic heterocycles. The average molecular weight is 406 g/mol. The third-order valence-corrected chi connectivity index (χ3v) is 4.45. The molecule has 0 radical (unpaired) electrons. The van der Waals surface area contributed by atoms with Gasteiger partial charge >= 0.3 is 16.7 Å². The first-order valence-corrected chi connectivity index (χ1v) is 9.40. The van der Waals surface area contributed by atoms with Gasteiger partial charge in [-0.2, -0.15) is 13.2 Å². The first-order valence-electron chi connectivity index (χ1n) is 7.99. The Bertz CT molecular complexity index is 1170. The van der Waals surface area contributed by atoms with Gasteiger partial charge in [-0.3, -0.25) is 0 Å². The van der Waals surface area contributed by atoms with Crippen molar-refractivity contribution >= 4 is 32.1 Å². The smallest absolute Gasteiger partial charge is 0.485 e. The van der Waals surface area contributed by atoms with Gasteiger partial charge in [0.05, 0.1) is 10.8 Å². The Morgan fingerprint density at radius 3 is 1.54 bits per heavy atom. The van der Waals surface area contributed by atoms with Crippen molar-refractivity contribution in [2.75, 3.05) is 0 Å². The number of alkyl halides is 3. The number of fused-ring (bicyclic) bond motifs is 2. The van der Waals surface area contributed by atoms with Crippen LogP contribution in [0.25, 0.3) is 33.1 Å². The molecule has 3 aromatic carbocycles. The van der Waals surface area contributed by atoms with Crippen LogP contribution in [0.4, 0.5) is 13.2 Å². The monoisotopic (exact) mass is 406 g/mol. The lowest BCUT2D eigenvalue weighted by Gasteiger charge is -2.08. The van der Waals surface area contributed by atoms with Gasteiger partial charge in [0.2, 0.25) is 0 Å². The van der Waals surface area contributed by atoms with Crippen LogP contribution in [0.5, 0.6) is 0 Å². The number of hydrogen-bond acceptors (Lipinski definition) is 3. The molecule has 0 bridgehead atoms. The third kappa shape index (κ3) is 4.13. The van der Waals surface area contributed by atoms with E-state index in [1.165, 1.54) is 11.1 Å². The van der Waals surface area contributed by atoms with Crippen molar-refractivity contribution < 1.29 is 30.6 Å². The Morgan fingerprint density at radius 2 is 1.11 bits per heavy atom. The van der Waals surface area contributed by atoms with E-state index in [4.69, 9.17) is 17.4 Å². The normalized spacial score (nSPS) is 11.9. The van der Waals surface area contributed by atoms with E-state index in [1.54, 1.807) is 0 Å². The molecule has 4 aromatic rings. The van der Waals surface area contributed by atoms with Crippen molar-refractivity contribution in [1.82, 2.24) is 0 Å². The van der Waals surface area contributed by atoms with E-state index in [2.05, 4.69) is 48.5 Å². The number of para-hydroxylation sites is 2. The van der Waals surface area contributed by atoms with E-state index >= 15 is 0 Å². The van der Waals surface area contributed by atoms with Gasteiger partial charge in [-0.1, -0.05) is 54.6 Å². The van der Waals surface area contributed by atoms with Gasteiger partial charge < -0.3 is 4.55 Å². The summed E-state index contributed by atoms with van der Waals surface area (Å²) in [5.41, 5.74) is -1.35. The quantitative estimate of drug-likeness (QED) is 0.179. The summed E-state index contributed by atoms with van der Waals surface area (Å²) in [5, 5.41) is 2.30. The molecular weight excluding hydrogens is 393 g/mol. The molecule has 0 saturated heterocycles. The second kappa shape index (κ2) is 7.57. The van der Waals surface area contributed by atoms with Crippen LogP contribution in [0, 0.1) is 0 Å². The predicted octanol–water partition coefficient (Wildman–Crippen LogP) is 5.59. The van der Waals surface area contributed by atoms with Crippen LogP contribution in [0.15, 0.2) is 83.3 Å². The Kier molecular flexibility index (Phi) is 5.35. The van der Waals surface area contributed by atoms with Crippen molar-refractivity contribution in [3.05, 3.63) is 78.9 Å². The molecule has 0 N–H and O–H groups in total. The summed E-state index contributed by atoms with van der Waals surface area (Å²) >= 11 is 0. The molecule has 1 heterocycles. The maximum Gasteiger partial charge on any atom is 0.485 e. The largest absolute Gasteiger partial charge is 0.741 e. The molecule has 0 aliphatic heterocycles. The highest BCUT2D eigenvalue weighted by molar-refractivity contribution is 7.86. The fraction of sp³-hybridized carbons (Fsp3) is 0.0500. The summed E-state index contributed by atoms with van der Waals surface area (Å²) in [6.45, 7) is 0.